The van der Waals surface area contributed by atoms with Crippen molar-refractivity contribution in [1.29, 1.82) is 0 Å². The van der Waals surface area contributed by atoms with Crippen LogP contribution < -0.4 is 25.9 Å². The van der Waals surface area contributed by atoms with Gasteiger partial charge in [0.05, 0.1) is 0 Å². The summed E-state index contributed by atoms with van der Waals surface area (Å²) >= 11 is 0. The van der Waals surface area contributed by atoms with Gasteiger partial charge in [-0.05, 0) is 10.4 Å². The van der Waals surface area contributed by atoms with Crippen molar-refractivity contribution < 1.29 is 17.1 Å². The summed E-state index contributed by atoms with van der Waals surface area (Å²) in [4.78, 5) is 12.5. The Morgan fingerprint density at radius 3 is 1.19 bits per heavy atom. The highest BCUT2D eigenvalue weighted by Gasteiger charge is 2.59. The van der Waals surface area contributed by atoms with E-state index in [2.05, 4.69) is 0 Å². The molecule has 5 aromatic rings. The molecule has 0 spiro atoms. The van der Waals surface area contributed by atoms with E-state index < -0.39 is 25.9 Å². The monoisotopic (exact) mass is 534 g/mol. The molecule has 0 radical (unpaired) electrons. The van der Waals surface area contributed by atoms with Gasteiger partial charge in [-0.25, -0.2) is 0 Å². The molecule has 1 N–H and O–H groups in total. The summed E-state index contributed by atoms with van der Waals surface area (Å²) in [5, 5.41) is 4.36. The van der Waals surface area contributed by atoms with Crippen molar-refractivity contribution in [1.82, 2.24) is 0 Å². The predicted octanol–water partition coefficient (Wildman–Crippen LogP) is 2.40. The summed E-state index contributed by atoms with van der Waals surface area (Å²) in [6.07, 6.45) is 0. The third-order valence-electron chi connectivity index (χ3n) is 6.61. The Morgan fingerprint density at radius 2 is 0.784 bits per heavy atom. The maximum atomic E-state index is 12.5. The maximum absolute atomic E-state index is 12.5. The Morgan fingerprint density at radius 1 is 0.432 bits per heavy atom. The molecule has 37 heavy (non-hydrogen) atoms. The molecule has 0 aromatic heterocycles. The molecule has 1 fully saturated rings. The number of benzene rings is 5. The van der Waals surface area contributed by atoms with Gasteiger partial charge in [-0.1, -0.05) is 152 Å². The number of hydrogen-bond acceptors (Lipinski definition) is 4. The van der Waals surface area contributed by atoms with Gasteiger partial charge in [-0.15, -0.1) is 10.4 Å². The van der Waals surface area contributed by atoms with Gasteiger partial charge in [0.25, 0.3) is 0 Å². The van der Waals surface area contributed by atoms with Crippen molar-refractivity contribution in [2.45, 2.75) is 0 Å². The van der Waals surface area contributed by atoms with Crippen LogP contribution in [0.25, 0.3) is 0 Å². The molecular formula is C30H26O4Si3-. The minimum Gasteiger partial charge on any atom is -0.557 e. The van der Waals surface area contributed by atoms with E-state index in [1.807, 2.05) is 152 Å². The average Bonchev–Trinajstić information content (AvgIpc) is 2.99. The average molecular weight is 535 g/mol. The molecule has 1 aliphatic heterocycles. The molecular weight excluding hydrogens is 509 g/mol. The molecule has 0 atom stereocenters. The van der Waals surface area contributed by atoms with E-state index in [1.54, 1.807) is 0 Å². The smallest absolute Gasteiger partial charge is 0.486 e. The quantitative estimate of drug-likeness (QED) is 0.352. The van der Waals surface area contributed by atoms with Crippen LogP contribution in [-0.4, -0.2) is 30.7 Å². The fourth-order valence-electron chi connectivity index (χ4n) is 4.86. The van der Waals surface area contributed by atoms with E-state index in [0.717, 1.165) is 20.7 Å². The fraction of sp³-hybridized carbons (Fsp3) is 0. The van der Waals surface area contributed by atoms with E-state index in [1.165, 1.54) is 0 Å². The Labute approximate surface area is 220 Å². The fourth-order valence-corrected chi connectivity index (χ4v) is 19.7. The summed E-state index contributed by atoms with van der Waals surface area (Å²) in [7, 11) is -11.0. The predicted molar refractivity (Wildman–Crippen MR) is 153 cm³/mol. The first-order valence-corrected chi connectivity index (χ1v) is 17.6. The van der Waals surface area contributed by atoms with Crippen LogP contribution in [0.3, 0.4) is 0 Å². The zero-order valence-electron chi connectivity index (χ0n) is 20.1. The van der Waals surface area contributed by atoms with Crippen LogP contribution in [0.1, 0.15) is 0 Å². The SMILES string of the molecule is O[Si]1(c2ccccc2)O[Si](c2ccccc2)(c2ccccc2)O[Si-](c2ccccc2)(c2ccccc2)O1. The molecule has 0 bridgehead atoms. The summed E-state index contributed by atoms with van der Waals surface area (Å²) < 4.78 is 21.3. The molecule has 6 rings (SSSR count). The van der Waals surface area contributed by atoms with Crippen LogP contribution in [-0.2, 0) is 12.3 Å². The molecule has 0 aliphatic carbocycles. The van der Waals surface area contributed by atoms with Crippen LogP contribution in [0.4, 0.5) is 0 Å². The summed E-state index contributed by atoms with van der Waals surface area (Å²) in [6.45, 7) is 0. The Hall–Kier alpha value is -3.41. The highest BCUT2D eigenvalue weighted by molar-refractivity contribution is 7.12. The molecule has 1 saturated heterocycles. The Kier molecular flexibility index (Phi) is 6.35. The normalized spacial score (nSPS) is 20.2. The van der Waals surface area contributed by atoms with Crippen molar-refractivity contribution in [3.63, 3.8) is 0 Å². The van der Waals surface area contributed by atoms with Gasteiger partial charge >= 0.3 is 17.4 Å². The Bertz CT molecular complexity index is 1280. The zero-order chi connectivity index (χ0) is 25.2. The molecule has 1 heterocycles. The molecule has 0 amide bonds. The van der Waals surface area contributed by atoms with Crippen LogP contribution in [0, 0.1) is 0 Å². The number of hydrogen-bond donors (Lipinski definition) is 1. The lowest BCUT2D eigenvalue weighted by atomic mass is 10.4. The summed E-state index contributed by atoms with van der Waals surface area (Å²) in [6, 6.07) is 49.7. The van der Waals surface area contributed by atoms with Crippen LogP contribution in [0.15, 0.2) is 152 Å². The van der Waals surface area contributed by atoms with E-state index in [9.17, 15) is 4.80 Å². The second-order valence-electron chi connectivity index (χ2n) is 8.95. The minimum absolute atomic E-state index is 0.658. The number of rotatable bonds is 5. The summed E-state index contributed by atoms with van der Waals surface area (Å²) in [5.74, 6) is 0. The molecule has 0 unspecified atom stereocenters. The van der Waals surface area contributed by atoms with Crippen LogP contribution >= 0.6 is 0 Å². The molecule has 5 aromatic carbocycles. The zero-order valence-corrected chi connectivity index (χ0v) is 23.1. The lowest BCUT2D eigenvalue weighted by Gasteiger charge is -2.60. The first-order valence-electron chi connectivity index (χ1n) is 12.3. The molecule has 4 nitrogen and oxygen atoms in total. The van der Waals surface area contributed by atoms with Gasteiger partial charge < -0.3 is 17.1 Å². The van der Waals surface area contributed by atoms with E-state index in [0.29, 0.717) is 5.19 Å². The third-order valence-corrected chi connectivity index (χ3v) is 18.9. The standard InChI is InChI=1S/C30H26O4Si3/c31-37(30-24-14-5-15-25-30)33-35(26-16-6-1-7-17-26,27-18-8-2-9-19-27)32-36(34-37,28-20-10-3-11-21-28)29-22-12-4-13-23-29/h1-25,31H/q-1. The van der Waals surface area contributed by atoms with Crippen LogP contribution in [0.2, 0.25) is 0 Å². The second-order valence-corrected chi connectivity index (χ2v) is 17.9. The third kappa shape index (κ3) is 4.26. The van der Waals surface area contributed by atoms with Gasteiger partial charge in [-0.3, -0.25) is 0 Å². The lowest BCUT2D eigenvalue weighted by Crippen LogP contribution is -2.86. The van der Waals surface area contributed by atoms with Crippen molar-refractivity contribution in [3.8, 4) is 0 Å². The van der Waals surface area contributed by atoms with Gasteiger partial charge in [0, 0.05) is 5.19 Å². The first kappa shape index (κ1) is 24.0. The van der Waals surface area contributed by atoms with Crippen molar-refractivity contribution >= 4 is 51.9 Å². The molecule has 1 aliphatic rings. The lowest BCUT2D eigenvalue weighted by molar-refractivity contribution is 0.187. The van der Waals surface area contributed by atoms with Crippen molar-refractivity contribution in [2.75, 3.05) is 0 Å². The van der Waals surface area contributed by atoms with Crippen molar-refractivity contribution in [3.05, 3.63) is 152 Å². The van der Waals surface area contributed by atoms with Gasteiger partial charge in [0.15, 0.2) is 8.56 Å². The first-order chi connectivity index (χ1) is 18.1. The minimum atomic E-state index is -4.02. The largest absolute Gasteiger partial charge is 0.557 e. The maximum Gasteiger partial charge on any atom is 0.486 e. The van der Waals surface area contributed by atoms with Gasteiger partial charge in [-0.2, -0.15) is 0 Å². The molecule has 183 valence electrons. The Balaban J connectivity index is 1.70. The van der Waals surface area contributed by atoms with E-state index in [4.69, 9.17) is 12.3 Å². The highest BCUT2D eigenvalue weighted by Crippen LogP contribution is 2.30. The van der Waals surface area contributed by atoms with Gasteiger partial charge in [0.1, 0.15) is 0 Å². The van der Waals surface area contributed by atoms with Gasteiger partial charge in [0.2, 0.25) is 0 Å². The van der Waals surface area contributed by atoms with E-state index >= 15 is 0 Å². The van der Waals surface area contributed by atoms with Crippen LogP contribution in [0.5, 0.6) is 0 Å². The summed E-state index contributed by atoms with van der Waals surface area (Å²) in [5.41, 5.74) is 0. The van der Waals surface area contributed by atoms with Crippen molar-refractivity contribution in [2.24, 2.45) is 0 Å². The molecule has 0 saturated carbocycles. The topological polar surface area (TPSA) is 47.9 Å². The highest BCUT2D eigenvalue weighted by atomic mass is 28.5. The second kappa shape index (κ2) is 9.81. The van der Waals surface area contributed by atoms with E-state index in [-0.39, 0.29) is 0 Å². The molecule has 7 heteroatoms.